The van der Waals surface area contributed by atoms with Crippen molar-refractivity contribution in [2.24, 2.45) is 21.5 Å². The maximum atomic E-state index is 13.9. The zero-order valence-corrected chi connectivity index (χ0v) is 41.7. The summed E-state index contributed by atoms with van der Waals surface area (Å²) in [4.78, 5) is 73.2. The number of carbonyl (C=O) groups is 4. The molecular formula is C51H68N14O6. The van der Waals surface area contributed by atoms with E-state index in [0.717, 1.165) is 52.1 Å². The molecule has 1 fully saturated rings. The number of imidazole rings is 2. The lowest BCUT2D eigenvalue weighted by molar-refractivity contribution is 0.0978. The van der Waals surface area contributed by atoms with Crippen molar-refractivity contribution < 1.29 is 28.7 Å². The van der Waals surface area contributed by atoms with Gasteiger partial charge >= 0.3 is 0 Å². The number of unbranched alkanes of at least 4 members (excludes halogenated alkanes) is 5. The van der Waals surface area contributed by atoms with E-state index in [1.54, 1.807) is 51.2 Å². The first-order valence-corrected chi connectivity index (χ1v) is 24.6. The topological polar surface area (TPSA) is 247 Å². The van der Waals surface area contributed by atoms with Crippen molar-refractivity contribution in [3.63, 3.8) is 0 Å². The minimum absolute atomic E-state index is 0.174. The third-order valence-electron chi connectivity index (χ3n) is 12.7. The highest BCUT2D eigenvalue weighted by Crippen LogP contribution is 2.28. The average molecular weight is 973 g/mol. The van der Waals surface area contributed by atoms with Gasteiger partial charge in [-0.3, -0.25) is 28.5 Å². The quantitative estimate of drug-likeness (QED) is 0.0458. The number of nitrogens with two attached hydrogens (primary N) is 2. The van der Waals surface area contributed by atoms with Crippen molar-refractivity contribution in [2.75, 3.05) is 53.0 Å². The number of fused-ring (bicyclic) bond motifs is 2. The summed E-state index contributed by atoms with van der Waals surface area (Å²) in [6.07, 6.45) is 13.9. The number of rotatable bonds is 24. The molecule has 71 heavy (non-hydrogen) atoms. The Balaban J connectivity index is 1.17. The molecule has 2 aromatic carbocycles. The number of benzene rings is 2. The van der Waals surface area contributed by atoms with E-state index < -0.39 is 23.6 Å². The molecule has 20 heteroatoms. The van der Waals surface area contributed by atoms with Crippen LogP contribution in [0.1, 0.15) is 112 Å². The number of aromatic nitrogens is 8. The fraction of sp³-hybridized carbons (Fsp3) is 0.451. The van der Waals surface area contributed by atoms with Crippen molar-refractivity contribution in [3.8, 4) is 11.5 Å². The molecule has 6 aromatic rings. The lowest BCUT2D eigenvalue weighted by Gasteiger charge is -2.34. The molecule has 0 radical (unpaired) electrons. The Kier molecular flexibility index (Phi) is 17.4. The van der Waals surface area contributed by atoms with Gasteiger partial charge in [0.2, 0.25) is 23.1 Å². The predicted molar refractivity (Wildman–Crippen MR) is 271 cm³/mol. The Hall–Kier alpha value is -7.32. The SMILES string of the molecule is C=CCCCCCCCN1CCN(CCCOc2cc(C(N)=O)cc3[nH]/c(=N/C(=O)c4cc(C)nn4CC)n(C/C=C/Cn4/c(=N\C(=O)c5cc(C)nn5CC)[nH]c5cc(C(N)=O)cc(OC)c54)c23)CC1. The molecular weight excluding hydrogens is 905 g/mol. The molecule has 4 amide bonds. The lowest BCUT2D eigenvalue weighted by Crippen LogP contribution is -2.46. The second kappa shape index (κ2) is 24.0. The number of hydrogen-bond donors (Lipinski definition) is 4. The van der Waals surface area contributed by atoms with E-state index in [9.17, 15) is 19.2 Å². The summed E-state index contributed by atoms with van der Waals surface area (Å²) in [5, 5.41) is 8.86. The number of nitrogens with one attached hydrogen (secondary N) is 2. The molecule has 7 rings (SSSR count). The van der Waals surface area contributed by atoms with Gasteiger partial charge in [-0.2, -0.15) is 20.2 Å². The van der Waals surface area contributed by atoms with Gasteiger partial charge in [0.05, 0.1) is 36.1 Å². The molecule has 5 heterocycles. The molecule has 0 atom stereocenters. The van der Waals surface area contributed by atoms with Crippen LogP contribution in [-0.2, 0) is 26.2 Å². The summed E-state index contributed by atoms with van der Waals surface area (Å²) in [5.74, 6) is -1.58. The second-order valence-electron chi connectivity index (χ2n) is 17.8. The van der Waals surface area contributed by atoms with Crippen molar-refractivity contribution in [1.29, 1.82) is 0 Å². The van der Waals surface area contributed by atoms with Crippen molar-refractivity contribution in [1.82, 2.24) is 48.5 Å². The van der Waals surface area contributed by atoms with Gasteiger partial charge in [0, 0.05) is 70.0 Å². The third kappa shape index (κ3) is 12.5. The van der Waals surface area contributed by atoms with E-state index >= 15 is 0 Å². The largest absolute Gasteiger partial charge is 0.494 e. The number of ether oxygens (including phenoxy) is 2. The second-order valence-corrected chi connectivity index (χ2v) is 17.8. The summed E-state index contributed by atoms with van der Waals surface area (Å²) in [5.41, 5.74) is 16.4. The molecule has 1 aliphatic rings. The van der Waals surface area contributed by atoms with Gasteiger partial charge in [0.25, 0.3) is 11.8 Å². The molecule has 20 nitrogen and oxygen atoms in total. The molecule has 0 saturated carbocycles. The van der Waals surface area contributed by atoms with Crippen LogP contribution in [0.15, 0.2) is 71.2 Å². The number of hydrogen-bond acceptors (Lipinski definition) is 10. The summed E-state index contributed by atoms with van der Waals surface area (Å²) >= 11 is 0. The first-order chi connectivity index (χ1) is 34.3. The van der Waals surface area contributed by atoms with Crippen LogP contribution in [0.25, 0.3) is 22.1 Å². The van der Waals surface area contributed by atoms with E-state index in [0.29, 0.717) is 76.0 Å². The molecule has 0 bridgehead atoms. The zero-order valence-electron chi connectivity index (χ0n) is 41.7. The van der Waals surface area contributed by atoms with Gasteiger partial charge in [-0.25, -0.2) is 0 Å². The Morgan fingerprint density at radius 2 is 1.14 bits per heavy atom. The van der Waals surface area contributed by atoms with Crippen LogP contribution in [0.5, 0.6) is 11.5 Å². The Bertz CT molecular complexity index is 3060. The van der Waals surface area contributed by atoms with Gasteiger partial charge < -0.3 is 49.8 Å². The van der Waals surface area contributed by atoms with Crippen LogP contribution in [-0.4, -0.2) is 125 Å². The van der Waals surface area contributed by atoms with Crippen LogP contribution < -0.4 is 32.2 Å². The lowest BCUT2D eigenvalue weighted by atomic mass is 10.1. The number of carbonyl (C=O) groups excluding carboxylic acids is 4. The number of aromatic amines is 2. The summed E-state index contributed by atoms with van der Waals surface area (Å²) in [6.45, 7) is 18.9. The Morgan fingerprint density at radius 3 is 1.62 bits per heavy atom. The number of H-pyrrole nitrogens is 2. The van der Waals surface area contributed by atoms with E-state index in [1.807, 2.05) is 43.6 Å². The molecule has 1 aliphatic heterocycles. The van der Waals surface area contributed by atoms with E-state index in [4.69, 9.17) is 20.9 Å². The van der Waals surface area contributed by atoms with Crippen LogP contribution in [0.2, 0.25) is 0 Å². The summed E-state index contributed by atoms with van der Waals surface area (Å²) in [7, 11) is 1.48. The molecule has 1 saturated heterocycles. The highest BCUT2D eigenvalue weighted by molar-refractivity contribution is 5.99. The standard InChI is InChI=1S/C51H68N14O6/c1-7-10-11-12-13-14-15-19-60-23-25-61(26-24-60)20-18-27-71-43-33-37(47(53)67)31-39-45(43)63(51(55-39)57-49(69)41-29-35(5)59-65(41)9-3)22-17-16-21-62-44-38(30-36(46(52)66)32-42(44)70-6)54-50(62)56-48(68)40-28-34(4)58-64(40)8-2/h7,16-17,28-33H,1,8-15,18-27H2,2-6H3,(H2,52,66)(H2,53,67)(H,54,56,68)(H,55,57,69)/b17-16+. The highest BCUT2D eigenvalue weighted by Gasteiger charge is 2.21. The molecule has 0 aliphatic carbocycles. The van der Waals surface area contributed by atoms with E-state index in [-0.39, 0.29) is 35.5 Å². The van der Waals surface area contributed by atoms with Gasteiger partial charge in [0.1, 0.15) is 33.9 Å². The van der Waals surface area contributed by atoms with Gasteiger partial charge in [-0.1, -0.05) is 37.5 Å². The smallest absolute Gasteiger partial charge is 0.298 e. The van der Waals surface area contributed by atoms with Gasteiger partial charge in [0.15, 0.2) is 0 Å². The molecule has 0 unspecified atom stereocenters. The monoisotopic (exact) mass is 973 g/mol. The number of piperazine rings is 1. The number of aryl methyl sites for hydroxylation is 4. The van der Waals surface area contributed by atoms with Gasteiger partial charge in [-0.15, -0.1) is 6.58 Å². The Morgan fingerprint density at radius 1 is 0.676 bits per heavy atom. The van der Waals surface area contributed by atoms with Crippen molar-refractivity contribution in [2.45, 2.75) is 98.8 Å². The first-order valence-electron chi connectivity index (χ1n) is 24.6. The number of nitrogens with zero attached hydrogens (tertiary/aromatic N) is 10. The maximum Gasteiger partial charge on any atom is 0.298 e. The molecule has 378 valence electrons. The van der Waals surface area contributed by atoms with Gasteiger partial charge in [-0.05, 0) is 96.3 Å². The first kappa shape index (κ1) is 51.5. The third-order valence-corrected chi connectivity index (χ3v) is 12.7. The van der Waals surface area contributed by atoms with Crippen molar-refractivity contribution in [3.05, 3.63) is 106 Å². The van der Waals surface area contributed by atoms with Crippen LogP contribution in [0.3, 0.4) is 0 Å². The molecule has 6 N–H and O–H groups in total. The van der Waals surface area contributed by atoms with Crippen molar-refractivity contribution >= 4 is 45.7 Å². The number of allylic oxidation sites excluding steroid dienone is 3. The Labute approximate surface area is 412 Å². The van der Waals surface area contributed by atoms with Crippen LogP contribution in [0, 0.1) is 13.8 Å². The number of amides is 4. The normalized spacial score (nSPS) is 14.1. The fourth-order valence-corrected chi connectivity index (χ4v) is 9.08. The van der Waals surface area contributed by atoms with E-state index in [1.165, 1.54) is 45.3 Å². The number of methoxy groups -OCH3 is 1. The van der Waals surface area contributed by atoms with Crippen LogP contribution >= 0.6 is 0 Å². The van der Waals surface area contributed by atoms with Crippen LogP contribution in [0.4, 0.5) is 0 Å². The average Bonchev–Trinajstić information content (AvgIpc) is 4.13. The predicted octanol–water partition coefficient (Wildman–Crippen LogP) is 5.16. The zero-order chi connectivity index (χ0) is 50.6. The maximum absolute atomic E-state index is 13.9. The highest BCUT2D eigenvalue weighted by atomic mass is 16.5. The molecule has 0 spiro atoms. The minimum atomic E-state index is -0.653. The van der Waals surface area contributed by atoms with E-state index in [2.05, 4.69) is 46.5 Å². The fourth-order valence-electron chi connectivity index (χ4n) is 9.08. The minimum Gasteiger partial charge on any atom is -0.494 e. The summed E-state index contributed by atoms with van der Waals surface area (Å²) < 4.78 is 19.0. The molecule has 4 aromatic heterocycles. The number of primary amides is 2. The summed E-state index contributed by atoms with van der Waals surface area (Å²) in [6, 6.07) is 9.75.